The Morgan fingerprint density at radius 2 is 2.00 bits per heavy atom. The molecule has 1 fully saturated rings. The van der Waals surface area contributed by atoms with Gasteiger partial charge in [-0.05, 0) is 49.6 Å². The summed E-state index contributed by atoms with van der Waals surface area (Å²) in [5.74, 6) is 0.979. The molecule has 3 aromatic rings. The molecular formula is C20H24N6. The van der Waals surface area contributed by atoms with Crippen LogP contribution in [-0.2, 0) is 6.54 Å². The monoisotopic (exact) mass is 348 g/mol. The molecule has 1 N–H and O–H groups in total. The van der Waals surface area contributed by atoms with Crippen LogP contribution in [0.15, 0.2) is 55.1 Å². The minimum Gasteiger partial charge on any atom is -0.354 e. The van der Waals surface area contributed by atoms with Crippen LogP contribution in [0.2, 0.25) is 0 Å². The molecule has 1 unspecified atom stereocenters. The summed E-state index contributed by atoms with van der Waals surface area (Å²) in [6, 6.07) is 13.2. The first-order valence-corrected chi connectivity index (χ1v) is 9.14. The lowest BCUT2D eigenvalue weighted by Gasteiger charge is -2.33. The van der Waals surface area contributed by atoms with Crippen molar-refractivity contribution in [2.45, 2.75) is 32.4 Å². The summed E-state index contributed by atoms with van der Waals surface area (Å²) in [4.78, 5) is 6.42. The summed E-state index contributed by atoms with van der Waals surface area (Å²) >= 11 is 0. The van der Waals surface area contributed by atoms with Crippen LogP contribution in [0.4, 0.5) is 5.82 Å². The van der Waals surface area contributed by atoms with Crippen molar-refractivity contribution in [3.8, 4) is 5.69 Å². The van der Waals surface area contributed by atoms with Gasteiger partial charge in [0.05, 0.1) is 12.0 Å². The van der Waals surface area contributed by atoms with Crippen molar-refractivity contribution in [1.29, 1.82) is 0 Å². The van der Waals surface area contributed by atoms with Gasteiger partial charge in [-0.2, -0.15) is 5.10 Å². The highest BCUT2D eigenvalue weighted by Crippen LogP contribution is 2.18. The maximum atomic E-state index is 4.33. The van der Waals surface area contributed by atoms with Gasteiger partial charge in [0.2, 0.25) is 0 Å². The Balaban J connectivity index is 1.33. The van der Waals surface area contributed by atoms with Crippen LogP contribution in [0, 0.1) is 6.92 Å². The zero-order valence-corrected chi connectivity index (χ0v) is 15.0. The lowest BCUT2D eigenvalue weighted by molar-refractivity contribution is 0.419. The lowest BCUT2D eigenvalue weighted by Crippen LogP contribution is -2.45. The van der Waals surface area contributed by atoms with Crippen LogP contribution in [0.5, 0.6) is 0 Å². The van der Waals surface area contributed by atoms with Crippen LogP contribution in [-0.4, -0.2) is 38.9 Å². The second kappa shape index (κ2) is 7.66. The standard InChI is InChI=1S/C20H24N6/c1-16-4-9-20(24-23-16)25-11-2-3-18(14-25)22-13-17-5-7-19(8-6-17)26-12-10-21-15-26/h4-10,12,15,18,22H,2-3,11,13-14H2,1H3. The van der Waals surface area contributed by atoms with Gasteiger partial charge in [-0.15, -0.1) is 5.10 Å². The summed E-state index contributed by atoms with van der Waals surface area (Å²) in [6.07, 6.45) is 7.94. The highest BCUT2D eigenvalue weighted by Gasteiger charge is 2.20. The molecule has 1 aromatic carbocycles. The number of aromatic nitrogens is 4. The molecule has 3 heterocycles. The quantitative estimate of drug-likeness (QED) is 0.768. The molecular weight excluding hydrogens is 324 g/mol. The van der Waals surface area contributed by atoms with E-state index in [1.165, 1.54) is 18.4 Å². The van der Waals surface area contributed by atoms with E-state index in [4.69, 9.17) is 0 Å². The summed E-state index contributed by atoms with van der Waals surface area (Å²) in [7, 11) is 0. The third-order valence-corrected chi connectivity index (χ3v) is 4.86. The third kappa shape index (κ3) is 3.91. The van der Waals surface area contributed by atoms with Crippen molar-refractivity contribution in [1.82, 2.24) is 25.1 Å². The molecule has 6 heteroatoms. The fraction of sp³-hybridized carbons (Fsp3) is 0.350. The highest BCUT2D eigenvalue weighted by molar-refractivity contribution is 5.38. The van der Waals surface area contributed by atoms with Gasteiger partial charge >= 0.3 is 0 Å². The Bertz CT molecular complexity index is 811. The molecule has 0 saturated carbocycles. The first kappa shape index (κ1) is 16.7. The zero-order chi connectivity index (χ0) is 17.8. The number of nitrogens with one attached hydrogen (secondary N) is 1. The molecule has 0 bridgehead atoms. The molecule has 1 atom stereocenters. The fourth-order valence-corrected chi connectivity index (χ4v) is 3.37. The predicted molar refractivity (Wildman–Crippen MR) is 102 cm³/mol. The lowest BCUT2D eigenvalue weighted by atomic mass is 10.1. The van der Waals surface area contributed by atoms with E-state index in [2.05, 4.69) is 55.7 Å². The minimum atomic E-state index is 0.472. The summed E-state index contributed by atoms with van der Waals surface area (Å²) in [5.41, 5.74) is 3.38. The zero-order valence-electron chi connectivity index (χ0n) is 15.0. The molecule has 2 aromatic heterocycles. The molecule has 1 aliphatic rings. The molecule has 0 amide bonds. The summed E-state index contributed by atoms with van der Waals surface area (Å²) in [5, 5.41) is 12.2. The van der Waals surface area contributed by atoms with Crippen molar-refractivity contribution in [3.05, 3.63) is 66.4 Å². The molecule has 134 valence electrons. The number of imidazole rings is 1. The van der Waals surface area contributed by atoms with Crippen molar-refractivity contribution < 1.29 is 0 Å². The second-order valence-electron chi connectivity index (χ2n) is 6.84. The van der Waals surface area contributed by atoms with Crippen molar-refractivity contribution in [2.24, 2.45) is 0 Å². The normalized spacial score (nSPS) is 17.4. The third-order valence-electron chi connectivity index (χ3n) is 4.86. The SMILES string of the molecule is Cc1ccc(N2CCCC(NCc3ccc(-n4ccnc4)cc3)C2)nn1. The molecule has 1 aliphatic heterocycles. The number of aryl methyl sites for hydroxylation is 1. The topological polar surface area (TPSA) is 58.9 Å². The van der Waals surface area contributed by atoms with Gasteiger partial charge in [0.15, 0.2) is 5.82 Å². The van der Waals surface area contributed by atoms with Crippen molar-refractivity contribution in [3.63, 3.8) is 0 Å². The van der Waals surface area contributed by atoms with Gasteiger partial charge in [-0.25, -0.2) is 4.98 Å². The van der Waals surface area contributed by atoms with Gasteiger partial charge in [0.25, 0.3) is 0 Å². The Morgan fingerprint density at radius 1 is 1.12 bits per heavy atom. The van der Waals surface area contributed by atoms with E-state index in [-0.39, 0.29) is 0 Å². The van der Waals surface area contributed by atoms with E-state index in [1.807, 2.05) is 30.1 Å². The van der Waals surface area contributed by atoms with Crippen LogP contribution in [0.25, 0.3) is 5.69 Å². The number of anilines is 1. The van der Waals surface area contributed by atoms with Gasteiger partial charge in [-0.1, -0.05) is 12.1 Å². The number of benzene rings is 1. The van der Waals surface area contributed by atoms with E-state index in [9.17, 15) is 0 Å². The van der Waals surface area contributed by atoms with Crippen molar-refractivity contribution >= 4 is 5.82 Å². The van der Waals surface area contributed by atoms with E-state index in [1.54, 1.807) is 6.20 Å². The van der Waals surface area contributed by atoms with Gasteiger partial charge in [0.1, 0.15) is 0 Å². The minimum absolute atomic E-state index is 0.472. The predicted octanol–water partition coefficient (Wildman–Crippen LogP) is 2.73. The summed E-state index contributed by atoms with van der Waals surface area (Å²) < 4.78 is 2.01. The fourth-order valence-electron chi connectivity index (χ4n) is 3.37. The molecule has 4 rings (SSSR count). The van der Waals surface area contributed by atoms with E-state index >= 15 is 0 Å². The average molecular weight is 348 g/mol. The van der Waals surface area contributed by atoms with Crippen LogP contribution >= 0.6 is 0 Å². The molecule has 26 heavy (non-hydrogen) atoms. The smallest absolute Gasteiger partial charge is 0.151 e. The van der Waals surface area contributed by atoms with E-state index in [0.29, 0.717) is 6.04 Å². The van der Waals surface area contributed by atoms with Crippen molar-refractivity contribution in [2.75, 3.05) is 18.0 Å². The number of nitrogens with zero attached hydrogens (tertiary/aromatic N) is 5. The molecule has 0 radical (unpaired) electrons. The first-order chi connectivity index (χ1) is 12.8. The maximum Gasteiger partial charge on any atom is 0.151 e. The largest absolute Gasteiger partial charge is 0.354 e. The Hall–Kier alpha value is -2.73. The van der Waals surface area contributed by atoms with E-state index < -0.39 is 0 Å². The first-order valence-electron chi connectivity index (χ1n) is 9.14. The number of piperidine rings is 1. The Morgan fingerprint density at radius 3 is 2.73 bits per heavy atom. The van der Waals surface area contributed by atoms with Gasteiger partial charge in [-0.3, -0.25) is 0 Å². The maximum absolute atomic E-state index is 4.33. The van der Waals surface area contributed by atoms with Crippen LogP contribution in [0.1, 0.15) is 24.1 Å². The highest BCUT2D eigenvalue weighted by atomic mass is 15.3. The van der Waals surface area contributed by atoms with E-state index in [0.717, 1.165) is 36.8 Å². The second-order valence-corrected chi connectivity index (χ2v) is 6.84. The Labute approximate surface area is 153 Å². The number of rotatable bonds is 5. The number of hydrogen-bond acceptors (Lipinski definition) is 5. The van der Waals surface area contributed by atoms with Crippen LogP contribution in [0.3, 0.4) is 0 Å². The molecule has 0 aliphatic carbocycles. The van der Waals surface area contributed by atoms with Crippen LogP contribution < -0.4 is 10.2 Å². The average Bonchev–Trinajstić information content (AvgIpc) is 3.22. The van der Waals surface area contributed by atoms with Gasteiger partial charge < -0.3 is 14.8 Å². The number of hydrogen-bond donors (Lipinski definition) is 1. The summed E-state index contributed by atoms with van der Waals surface area (Å²) in [6.45, 7) is 4.87. The molecule has 6 nitrogen and oxygen atoms in total. The molecule has 1 saturated heterocycles. The van der Waals surface area contributed by atoms with Gasteiger partial charge in [0, 0.05) is 43.8 Å². The Kier molecular flexibility index (Phi) is 4.93. The molecule has 0 spiro atoms.